The average Bonchev–Trinajstić information content (AvgIpc) is 2.86. The number of esters is 1. The minimum Gasteiger partial charge on any atom is -0.459 e. The number of anilines is 3. The van der Waals surface area contributed by atoms with Crippen LogP contribution in [0.5, 0.6) is 0 Å². The van der Waals surface area contributed by atoms with Crippen LogP contribution in [0.1, 0.15) is 45.7 Å². The fourth-order valence-electron chi connectivity index (χ4n) is 3.61. The molecule has 0 aliphatic heterocycles. The first kappa shape index (κ1) is 31.2. The van der Waals surface area contributed by atoms with Crippen LogP contribution in [0.2, 0.25) is 0 Å². The van der Waals surface area contributed by atoms with E-state index in [0.717, 1.165) is 22.6 Å². The highest BCUT2D eigenvalue weighted by molar-refractivity contribution is 8.01. The van der Waals surface area contributed by atoms with Crippen LogP contribution < -0.4 is 10.2 Å². The van der Waals surface area contributed by atoms with Gasteiger partial charge < -0.3 is 19.7 Å². The number of ether oxygens (including phenoxy) is 2. The standard InChI is InChI=1S/C29H35F3N4O3S/c1-27(2,3)39-26(37)28(4,5)40-23-12-10-20(11-13-23)18-36(14-15-38-6)25-17-24(33-19-34-25)35-22-9-7-8-21(16-22)29(30,31)32/h7-13,16-17,19H,14-15,18H2,1-6H3,(H,33,34,35). The second-order valence-corrected chi connectivity index (χ2v) is 12.3. The van der Waals surface area contributed by atoms with Gasteiger partial charge in [0.15, 0.2) is 0 Å². The van der Waals surface area contributed by atoms with E-state index in [2.05, 4.69) is 15.3 Å². The number of carbonyl (C=O) groups excluding carboxylic acids is 1. The van der Waals surface area contributed by atoms with Crippen molar-refractivity contribution >= 4 is 35.1 Å². The number of methoxy groups -OCH3 is 1. The summed E-state index contributed by atoms with van der Waals surface area (Å²) in [6, 6.07) is 14.5. The van der Waals surface area contributed by atoms with E-state index in [0.29, 0.717) is 31.3 Å². The van der Waals surface area contributed by atoms with Crippen molar-refractivity contribution in [3.8, 4) is 0 Å². The number of aromatic nitrogens is 2. The van der Waals surface area contributed by atoms with Gasteiger partial charge >= 0.3 is 12.1 Å². The molecule has 0 fully saturated rings. The molecule has 40 heavy (non-hydrogen) atoms. The van der Waals surface area contributed by atoms with Gasteiger partial charge in [-0.25, -0.2) is 9.97 Å². The summed E-state index contributed by atoms with van der Waals surface area (Å²) >= 11 is 1.43. The number of benzene rings is 2. The van der Waals surface area contributed by atoms with E-state index < -0.39 is 22.1 Å². The third kappa shape index (κ3) is 9.41. The third-order valence-corrected chi connectivity index (χ3v) is 6.75. The number of alkyl halides is 3. The maximum atomic E-state index is 13.1. The van der Waals surface area contributed by atoms with Crippen LogP contribution in [-0.4, -0.2) is 46.5 Å². The van der Waals surface area contributed by atoms with Gasteiger partial charge in [0.1, 0.15) is 28.3 Å². The van der Waals surface area contributed by atoms with Crippen molar-refractivity contribution in [1.29, 1.82) is 0 Å². The lowest BCUT2D eigenvalue weighted by Gasteiger charge is -2.28. The monoisotopic (exact) mass is 576 g/mol. The first-order valence-corrected chi connectivity index (χ1v) is 13.5. The largest absolute Gasteiger partial charge is 0.459 e. The predicted molar refractivity (Wildman–Crippen MR) is 152 cm³/mol. The molecule has 3 aromatic rings. The molecule has 3 rings (SSSR count). The van der Waals surface area contributed by atoms with E-state index in [1.807, 2.05) is 63.8 Å². The van der Waals surface area contributed by atoms with Crippen molar-refractivity contribution < 1.29 is 27.4 Å². The van der Waals surface area contributed by atoms with Crippen LogP contribution in [0.15, 0.2) is 65.8 Å². The molecule has 0 bridgehead atoms. The van der Waals surface area contributed by atoms with Crippen molar-refractivity contribution in [2.75, 3.05) is 30.5 Å². The predicted octanol–water partition coefficient (Wildman–Crippen LogP) is 7.10. The molecule has 11 heteroatoms. The Morgan fingerprint density at radius 3 is 2.33 bits per heavy atom. The van der Waals surface area contributed by atoms with Crippen molar-refractivity contribution in [3.05, 3.63) is 72.1 Å². The van der Waals surface area contributed by atoms with Gasteiger partial charge in [0.05, 0.1) is 12.2 Å². The normalized spacial score (nSPS) is 12.2. The molecule has 1 aromatic heterocycles. The molecule has 0 saturated heterocycles. The second kappa shape index (κ2) is 12.9. The zero-order chi connectivity index (χ0) is 29.6. The van der Waals surface area contributed by atoms with Crippen molar-refractivity contribution in [3.63, 3.8) is 0 Å². The Hall–Kier alpha value is -3.31. The van der Waals surface area contributed by atoms with Gasteiger partial charge in [0.25, 0.3) is 0 Å². The molecule has 0 radical (unpaired) electrons. The van der Waals surface area contributed by atoms with Gasteiger partial charge in [0.2, 0.25) is 0 Å². The molecule has 1 heterocycles. The Labute approximate surface area is 237 Å². The Bertz CT molecular complexity index is 1280. The first-order chi connectivity index (χ1) is 18.7. The number of nitrogens with zero attached hydrogens (tertiary/aromatic N) is 3. The maximum absolute atomic E-state index is 13.1. The maximum Gasteiger partial charge on any atom is 0.416 e. The highest BCUT2D eigenvalue weighted by Crippen LogP contribution is 2.35. The average molecular weight is 577 g/mol. The Balaban J connectivity index is 1.74. The van der Waals surface area contributed by atoms with Gasteiger partial charge in [-0.3, -0.25) is 4.79 Å². The number of hydrogen-bond donors (Lipinski definition) is 1. The quantitative estimate of drug-likeness (QED) is 0.191. The van der Waals surface area contributed by atoms with Crippen LogP contribution in [0, 0.1) is 0 Å². The summed E-state index contributed by atoms with van der Waals surface area (Å²) < 4.78 is 49.4. The van der Waals surface area contributed by atoms with E-state index in [-0.39, 0.29) is 11.7 Å². The summed E-state index contributed by atoms with van der Waals surface area (Å²) in [5.41, 5.74) is -0.0371. The van der Waals surface area contributed by atoms with Crippen LogP contribution in [0.25, 0.3) is 0 Å². The molecule has 0 aliphatic rings. The fourth-order valence-corrected chi connectivity index (χ4v) is 4.59. The van der Waals surface area contributed by atoms with Gasteiger partial charge in [-0.2, -0.15) is 13.2 Å². The van der Waals surface area contributed by atoms with Crippen molar-refractivity contribution in [1.82, 2.24) is 9.97 Å². The van der Waals surface area contributed by atoms with Gasteiger partial charge in [-0.1, -0.05) is 18.2 Å². The van der Waals surface area contributed by atoms with Crippen LogP contribution in [0.4, 0.5) is 30.5 Å². The molecule has 0 unspecified atom stereocenters. The number of thioether (sulfide) groups is 1. The number of halogens is 3. The smallest absolute Gasteiger partial charge is 0.416 e. The van der Waals surface area contributed by atoms with Crippen LogP contribution in [0.3, 0.4) is 0 Å². The van der Waals surface area contributed by atoms with E-state index in [4.69, 9.17) is 9.47 Å². The van der Waals surface area contributed by atoms with Crippen molar-refractivity contribution in [2.45, 2.75) is 62.6 Å². The highest BCUT2D eigenvalue weighted by Gasteiger charge is 2.34. The summed E-state index contributed by atoms with van der Waals surface area (Å²) in [6.07, 6.45) is -3.07. The summed E-state index contributed by atoms with van der Waals surface area (Å²) in [6.45, 7) is 10.7. The Morgan fingerprint density at radius 1 is 1.00 bits per heavy atom. The molecule has 7 nitrogen and oxygen atoms in total. The molecule has 0 aliphatic carbocycles. The molecule has 216 valence electrons. The molecule has 1 N–H and O–H groups in total. The lowest BCUT2D eigenvalue weighted by Crippen LogP contribution is -2.36. The van der Waals surface area contributed by atoms with E-state index >= 15 is 0 Å². The van der Waals surface area contributed by atoms with Crippen molar-refractivity contribution in [2.24, 2.45) is 0 Å². The lowest BCUT2D eigenvalue weighted by atomic mass is 10.1. The van der Waals surface area contributed by atoms with Gasteiger partial charge in [-0.15, -0.1) is 11.8 Å². The number of rotatable bonds is 11. The molecule has 2 aromatic carbocycles. The van der Waals surface area contributed by atoms with Gasteiger partial charge in [0, 0.05) is 36.8 Å². The van der Waals surface area contributed by atoms with E-state index in [1.165, 1.54) is 24.2 Å². The van der Waals surface area contributed by atoms with Crippen LogP contribution in [-0.2, 0) is 27.0 Å². The molecule has 0 amide bonds. The first-order valence-electron chi connectivity index (χ1n) is 12.7. The minimum atomic E-state index is -4.44. The molecule has 0 saturated carbocycles. The summed E-state index contributed by atoms with van der Waals surface area (Å²) in [5.74, 6) is 0.673. The van der Waals surface area contributed by atoms with E-state index in [1.54, 1.807) is 19.2 Å². The number of nitrogens with one attached hydrogen (secondary N) is 1. The highest BCUT2D eigenvalue weighted by atomic mass is 32.2. The van der Waals surface area contributed by atoms with Gasteiger partial charge in [-0.05, 0) is 70.5 Å². The topological polar surface area (TPSA) is 76.6 Å². The molecule has 0 atom stereocenters. The third-order valence-electron chi connectivity index (χ3n) is 5.56. The molecule has 0 spiro atoms. The Morgan fingerprint density at radius 2 is 1.70 bits per heavy atom. The summed E-state index contributed by atoms with van der Waals surface area (Å²) in [4.78, 5) is 24.1. The second-order valence-electron chi connectivity index (χ2n) is 10.6. The zero-order valence-corrected chi connectivity index (χ0v) is 24.3. The van der Waals surface area contributed by atoms with E-state index in [9.17, 15) is 18.0 Å². The number of carbonyl (C=O) groups is 1. The zero-order valence-electron chi connectivity index (χ0n) is 23.5. The van der Waals surface area contributed by atoms with Crippen LogP contribution >= 0.6 is 11.8 Å². The lowest BCUT2D eigenvalue weighted by molar-refractivity contribution is -0.156. The fraction of sp³-hybridized carbons (Fsp3) is 0.414. The molecular weight excluding hydrogens is 541 g/mol. The minimum absolute atomic E-state index is 0.269. The number of hydrogen-bond acceptors (Lipinski definition) is 8. The summed E-state index contributed by atoms with van der Waals surface area (Å²) in [5, 5.41) is 2.93. The Kier molecular flexibility index (Phi) is 10.1. The summed E-state index contributed by atoms with van der Waals surface area (Å²) in [7, 11) is 1.61. The SMILES string of the molecule is COCCN(Cc1ccc(SC(C)(C)C(=O)OC(C)(C)C)cc1)c1cc(Nc2cccc(C(F)(F)F)c2)ncn1. The molecular formula is C29H35F3N4O3S.